The molecule has 0 N–H and O–H groups in total. The van der Waals surface area contributed by atoms with E-state index in [2.05, 4.69) is 10.2 Å². The second kappa shape index (κ2) is 7.87. The van der Waals surface area contributed by atoms with Crippen LogP contribution in [0, 0.1) is 0 Å². The highest BCUT2D eigenvalue weighted by Crippen LogP contribution is 2.15. The van der Waals surface area contributed by atoms with Crippen LogP contribution >= 0.6 is 0 Å². The number of likely N-dealkylation sites (N-methyl/N-ethyl adjacent to an activating group) is 2. The summed E-state index contributed by atoms with van der Waals surface area (Å²) < 4.78 is 3.54. The van der Waals surface area contributed by atoms with Crippen molar-refractivity contribution in [2.45, 2.75) is 33.9 Å². The number of fused-ring (bicyclic) bond motifs is 3. The molecule has 0 fully saturated rings. The van der Waals surface area contributed by atoms with E-state index < -0.39 is 0 Å². The first-order valence-corrected chi connectivity index (χ1v) is 9.33. The lowest BCUT2D eigenvalue weighted by molar-refractivity contribution is -0.131. The molecule has 8 nitrogen and oxygen atoms in total. The second-order valence-corrected chi connectivity index (χ2v) is 6.56. The molecule has 1 aromatic carbocycles. The number of nitrogens with zero attached hydrogens (tertiary/aromatic N) is 6. The summed E-state index contributed by atoms with van der Waals surface area (Å²) in [7, 11) is 1.89. The molecule has 0 radical (unpaired) electrons. The van der Waals surface area contributed by atoms with Crippen molar-refractivity contribution in [3.05, 3.63) is 40.4 Å². The lowest BCUT2D eigenvalue weighted by Gasteiger charge is -2.22. The van der Waals surface area contributed by atoms with E-state index in [1.54, 1.807) is 4.57 Å². The van der Waals surface area contributed by atoms with Crippen LogP contribution in [0.5, 0.6) is 0 Å². The highest BCUT2D eigenvalue weighted by Gasteiger charge is 2.18. The summed E-state index contributed by atoms with van der Waals surface area (Å²) in [6.07, 6.45) is 0. The van der Waals surface area contributed by atoms with Gasteiger partial charge in [0.1, 0.15) is 0 Å². The smallest absolute Gasteiger partial charge is 0.262 e. The molecule has 2 aromatic heterocycles. The molecule has 0 saturated heterocycles. The van der Waals surface area contributed by atoms with Crippen molar-refractivity contribution < 1.29 is 4.79 Å². The predicted octanol–water partition coefficient (Wildman–Crippen LogP) is 1.36. The van der Waals surface area contributed by atoms with Crippen LogP contribution in [0.1, 0.15) is 26.6 Å². The summed E-state index contributed by atoms with van der Waals surface area (Å²) in [4.78, 5) is 28.8. The minimum absolute atomic E-state index is 0.0652. The summed E-state index contributed by atoms with van der Waals surface area (Å²) >= 11 is 0. The SMILES string of the molecule is CCN(CC)C(=O)CN(C)Cc1nnc2n(CC)c(=O)c3ccccc3n12. The molecule has 2 heterocycles. The van der Waals surface area contributed by atoms with E-state index >= 15 is 0 Å². The molecule has 3 aromatic rings. The number of benzene rings is 1. The van der Waals surface area contributed by atoms with E-state index in [-0.39, 0.29) is 11.5 Å². The van der Waals surface area contributed by atoms with Crippen LogP contribution in [0.2, 0.25) is 0 Å². The van der Waals surface area contributed by atoms with Crippen molar-refractivity contribution in [2.75, 3.05) is 26.7 Å². The van der Waals surface area contributed by atoms with Crippen molar-refractivity contribution in [2.24, 2.45) is 0 Å². The zero-order valence-electron chi connectivity index (χ0n) is 16.3. The highest BCUT2D eigenvalue weighted by molar-refractivity contribution is 5.80. The molecule has 0 aliphatic rings. The van der Waals surface area contributed by atoms with Gasteiger partial charge >= 0.3 is 0 Å². The van der Waals surface area contributed by atoms with Gasteiger partial charge < -0.3 is 4.90 Å². The Morgan fingerprint density at radius 3 is 2.48 bits per heavy atom. The van der Waals surface area contributed by atoms with Crippen molar-refractivity contribution in [3.8, 4) is 0 Å². The van der Waals surface area contributed by atoms with Crippen LogP contribution in [-0.4, -0.2) is 61.6 Å². The molecule has 1 amide bonds. The third-order valence-electron chi connectivity index (χ3n) is 4.82. The molecule has 0 bridgehead atoms. The second-order valence-electron chi connectivity index (χ2n) is 6.56. The van der Waals surface area contributed by atoms with Crippen LogP contribution < -0.4 is 5.56 Å². The third-order valence-corrected chi connectivity index (χ3v) is 4.82. The Kier molecular flexibility index (Phi) is 5.55. The molecule has 8 heteroatoms. The Morgan fingerprint density at radius 2 is 1.81 bits per heavy atom. The number of carbonyl (C=O) groups excluding carboxylic acids is 1. The first kappa shape index (κ1) is 19.0. The Balaban J connectivity index is 2.00. The largest absolute Gasteiger partial charge is 0.342 e. The Morgan fingerprint density at radius 1 is 1.11 bits per heavy atom. The van der Waals surface area contributed by atoms with Gasteiger partial charge in [-0.2, -0.15) is 0 Å². The fraction of sp³-hybridized carbons (Fsp3) is 0.474. The number of hydrogen-bond donors (Lipinski definition) is 0. The first-order valence-electron chi connectivity index (χ1n) is 9.33. The number of rotatable bonds is 7. The van der Waals surface area contributed by atoms with Crippen molar-refractivity contribution in [1.29, 1.82) is 0 Å². The number of para-hydroxylation sites is 1. The molecular weight excluding hydrogens is 344 g/mol. The number of aryl methyl sites for hydroxylation is 1. The maximum absolute atomic E-state index is 12.7. The minimum atomic E-state index is -0.0652. The summed E-state index contributed by atoms with van der Waals surface area (Å²) in [6.45, 7) is 8.55. The Bertz CT molecular complexity index is 1020. The van der Waals surface area contributed by atoms with E-state index in [4.69, 9.17) is 0 Å². The van der Waals surface area contributed by atoms with Gasteiger partial charge in [-0.1, -0.05) is 12.1 Å². The molecular formula is C19H26N6O2. The quantitative estimate of drug-likeness (QED) is 0.628. The maximum Gasteiger partial charge on any atom is 0.262 e. The Hall–Kier alpha value is -2.74. The molecule has 0 atom stereocenters. The van der Waals surface area contributed by atoms with Gasteiger partial charge in [0.15, 0.2) is 5.82 Å². The van der Waals surface area contributed by atoms with Crippen molar-refractivity contribution in [1.82, 2.24) is 29.0 Å². The third kappa shape index (κ3) is 3.44. The summed E-state index contributed by atoms with van der Waals surface area (Å²) in [5.74, 6) is 1.32. The predicted molar refractivity (Wildman–Crippen MR) is 105 cm³/mol. The van der Waals surface area contributed by atoms with Crippen LogP contribution in [0.3, 0.4) is 0 Å². The maximum atomic E-state index is 12.7. The van der Waals surface area contributed by atoms with Gasteiger partial charge in [-0.3, -0.25) is 23.5 Å². The van der Waals surface area contributed by atoms with E-state index in [0.717, 1.165) is 5.52 Å². The first-order chi connectivity index (χ1) is 13.0. The molecule has 0 aliphatic heterocycles. The average Bonchev–Trinajstić information content (AvgIpc) is 3.06. The van der Waals surface area contributed by atoms with E-state index in [1.165, 1.54) is 0 Å². The summed E-state index contributed by atoms with van der Waals surface area (Å²) in [6, 6.07) is 7.47. The topological polar surface area (TPSA) is 75.7 Å². The lowest BCUT2D eigenvalue weighted by Crippen LogP contribution is -2.38. The number of amides is 1. The van der Waals surface area contributed by atoms with Crippen LogP contribution in [0.4, 0.5) is 0 Å². The normalized spacial score (nSPS) is 11.6. The average molecular weight is 370 g/mol. The molecule has 3 rings (SSSR count). The number of aromatic nitrogens is 4. The van der Waals surface area contributed by atoms with Gasteiger partial charge in [0.25, 0.3) is 5.56 Å². The van der Waals surface area contributed by atoms with Crippen LogP contribution in [-0.2, 0) is 17.9 Å². The zero-order valence-corrected chi connectivity index (χ0v) is 16.3. The summed E-state index contributed by atoms with van der Waals surface area (Å²) in [5.41, 5.74) is 0.718. The number of carbonyl (C=O) groups is 1. The van der Waals surface area contributed by atoms with E-state index in [1.807, 2.05) is 66.3 Å². The summed E-state index contributed by atoms with van der Waals surface area (Å²) in [5, 5.41) is 9.20. The van der Waals surface area contributed by atoms with Gasteiger partial charge in [0.2, 0.25) is 11.7 Å². The molecule has 0 spiro atoms. The standard InChI is InChI=1S/C19H26N6O2/c1-5-23(6-2)17(26)13-22(4)12-16-20-21-19-24(7-3)18(27)14-10-8-9-11-15(14)25(16)19/h8-11H,5-7,12-13H2,1-4H3. The molecule has 0 unspecified atom stereocenters. The molecule has 144 valence electrons. The van der Waals surface area contributed by atoms with E-state index in [0.29, 0.717) is 49.7 Å². The fourth-order valence-electron chi connectivity index (χ4n) is 3.41. The Labute approximate surface area is 158 Å². The number of hydrogen-bond acceptors (Lipinski definition) is 5. The minimum Gasteiger partial charge on any atom is -0.342 e. The zero-order chi connectivity index (χ0) is 19.6. The van der Waals surface area contributed by atoms with E-state index in [9.17, 15) is 9.59 Å². The van der Waals surface area contributed by atoms with Crippen LogP contribution in [0.15, 0.2) is 29.1 Å². The fourth-order valence-corrected chi connectivity index (χ4v) is 3.41. The molecule has 0 saturated carbocycles. The monoisotopic (exact) mass is 370 g/mol. The lowest BCUT2D eigenvalue weighted by atomic mass is 10.2. The van der Waals surface area contributed by atoms with Crippen molar-refractivity contribution in [3.63, 3.8) is 0 Å². The van der Waals surface area contributed by atoms with Gasteiger partial charge in [-0.25, -0.2) is 0 Å². The van der Waals surface area contributed by atoms with Gasteiger partial charge in [-0.15, -0.1) is 10.2 Å². The van der Waals surface area contributed by atoms with Gasteiger partial charge in [0.05, 0.1) is 24.0 Å². The highest BCUT2D eigenvalue weighted by atomic mass is 16.2. The van der Waals surface area contributed by atoms with Gasteiger partial charge in [0, 0.05) is 19.6 Å². The van der Waals surface area contributed by atoms with Gasteiger partial charge in [-0.05, 0) is 40.0 Å². The van der Waals surface area contributed by atoms with Crippen LogP contribution in [0.25, 0.3) is 16.7 Å². The molecule has 27 heavy (non-hydrogen) atoms. The molecule has 0 aliphatic carbocycles. The van der Waals surface area contributed by atoms with Crippen molar-refractivity contribution >= 4 is 22.6 Å².